The van der Waals surface area contributed by atoms with E-state index in [9.17, 15) is 4.79 Å². The summed E-state index contributed by atoms with van der Waals surface area (Å²) in [5, 5.41) is 3.14. The summed E-state index contributed by atoms with van der Waals surface area (Å²) in [6.45, 7) is 5.43. The van der Waals surface area contributed by atoms with Crippen molar-refractivity contribution < 1.29 is 9.53 Å². The Labute approximate surface area is 142 Å². The fourth-order valence-corrected chi connectivity index (χ4v) is 2.62. The number of ether oxygens (including phenoxy) is 1. The summed E-state index contributed by atoms with van der Waals surface area (Å²) >= 11 is 0. The van der Waals surface area contributed by atoms with E-state index in [-0.39, 0.29) is 5.78 Å². The van der Waals surface area contributed by atoms with Crippen LogP contribution in [0.15, 0.2) is 60.8 Å². The second kappa shape index (κ2) is 7.79. The second-order valence-electron chi connectivity index (χ2n) is 5.85. The van der Waals surface area contributed by atoms with Crippen LogP contribution in [0.2, 0.25) is 0 Å². The predicted molar refractivity (Wildman–Crippen MR) is 97.7 cm³/mol. The van der Waals surface area contributed by atoms with Gasteiger partial charge in [0.1, 0.15) is 0 Å². The quantitative estimate of drug-likeness (QED) is 0.674. The zero-order valence-corrected chi connectivity index (χ0v) is 13.9. The van der Waals surface area contributed by atoms with Crippen LogP contribution in [0.1, 0.15) is 15.9 Å². The third-order valence-corrected chi connectivity index (χ3v) is 4.06. The molecule has 0 atom stereocenters. The topological polar surface area (TPSA) is 41.6 Å². The first-order valence-corrected chi connectivity index (χ1v) is 8.19. The number of morpholine rings is 1. The molecular weight excluding hydrogens is 300 g/mol. The van der Waals surface area contributed by atoms with E-state index in [0.29, 0.717) is 5.56 Å². The Morgan fingerprint density at radius 2 is 1.71 bits per heavy atom. The molecular formula is C20H22N2O2. The van der Waals surface area contributed by atoms with Crippen LogP contribution in [0.5, 0.6) is 0 Å². The summed E-state index contributed by atoms with van der Waals surface area (Å²) in [7, 11) is 0. The lowest BCUT2D eigenvalue weighted by molar-refractivity contribution is 0.104. The lowest BCUT2D eigenvalue weighted by Crippen LogP contribution is -2.36. The summed E-state index contributed by atoms with van der Waals surface area (Å²) in [5.41, 5.74) is 4.00. The average molecular weight is 322 g/mol. The van der Waals surface area contributed by atoms with E-state index >= 15 is 0 Å². The molecule has 0 spiro atoms. The highest BCUT2D eigenvalue weighted by Crippen LogP contribution is 2.19. The molecule has 0 bridgehead atoms. The van der Waals surface area contributed by atoms with Gasteiger partial charge in [-0.15, -0.1) is 0 Å². The van der Waals surface area contributed by atoms with Gasteiger partial charge in [-0.2, -0.15) is 0 Å². The van der Waals surface area contributed by atoms with E-state index in [2.05, 4.69) is 22.3 Å². The molecule has 0 saturated carbocycles. The van der Waals surface area contributed by atoms with Gasteiger partial charge in [-0.3, -0.25) is 4.79 Å². The molecule has 1 saturated heterocycles. The van der Waals surface area contributed by atoms with Crippen LogP contribution < -0.4 is 10.2 Å². The van der Waals surface area contributed by atoms with Gasteiger partial charge in [0.2, 0.25) is 0 Å². The summed E-state index contributed by atoms with van der Waals surface area (Å²) in [6.07, 6.45) is 3.24. The van der Waals surface area contributed by atoms with Crippen LogP contribution in [-0.4, -0.2) is 32.1 Å². The first-order valence-electron chi connectivity index (χ1n) is 8.19. The molecule has 4 heteroatoms. The summed E-state index contributed by atoms with van der Waals surface area (Å²) < 4.78 is 5.37. The molecule has 1 aliphatic heterocycles. The number of rotatable bonds is 5. The normalized spacial score (nSPS) is 14.8. The van der Waals surface area contributed by atoms with Crippen molar-refractivity contribution in [3.8, 4) is 0 Å². The molecule has 1 fully saturated rings. The zero-order valence-electron chi connectivity index (χ0n) is 13.9. The Morgan fingerprint density at radius 1 is 1.04 bits per heavy atom. The van der Waals surface area contributed by atoms with Gasteiger partial charge < -0.3 is 15.0 Å². The number of nitrogens with one attached hydrogen (secondary N) is 1. The first kappa shape index (κ1) is 16.3. The van der Waals surface area contributed by atoms with Crippen LogP contribution in [0.25, 0.3) is 0 Å². The molecule has 0 unspecified atom stereocenters. The van der Waals surface area contributed by atoms with Gasteiger partial charge >= 0.3 is 0 Å². The van der Waals surface area contributed by atoms with Crippen molar-refractivity contribution >= 4 is 17.2 Å². The smallest absolute Gasteiger partial charge is 0.187 e. The molecule has 0 radical (unpaired) electrons. The maximum atomic E-state index is 12.1. The van der Waals surface area contributed by atoms with Gasteiger partial charge in [-0.25, -0.2) is 0 Å². The summed E-state index contributed by atoms with van der Waals surface area (Å²) in [6, 6.07) is 15.8. The maximum absolute atomic E-state index is 12.1. The minimum Gasteiger partial charge on any atom is -0.378 e. The molecule has 0 aromatic heterocycles. The SMILES string of the molecule is Cc1ccc(C(=O)/C=C/Nc2ccc(N3CCOCC3)cc2)cc1. The van der Waals surface area contributed by atoms with Gasteiger partial charge in [0.05, 0.1) is 13.2 Å². The molecule has 0 aliphatic carbocycles. The van der Waals surface area contributed by atoms with Crippen molar-refractivity contribution in [1.29, 1.82) is 0 Å². The van der Waals surface area contributed by atoms with E-state index in [1.54, 1.807) is 12.3 Å². The molecule has 3 rings (SSSR count). The number of hydrogen-bond acceptors (Lipinski definition) is 4. The predicted octanol–water partition coefficient (Wildman–Crippen LogP) is 3.64. The fraction of sp³-hybridized carbons (Fsp3) is 0.250. The molecule has 24 heavy (non-hydrogen) atoms. The number of carbonyl (C=O) groups excluding carboxylic acids is 1. The van der Waals surface area contributed by atoms with Crippen LogP contribution in [0.4, 0.5) is 11.4 Å². The van der Waals surface area contributed by atoms with Gasteiger partial charge in [0.25, 0.3) is 0 Å². The lowest BCUT2D eigenvalue weighted by Gasteiger charge is -2.28. The summed E-state index contributed by atoms with van der Waals surface area (Å²) in [5.74, 6) is -0.00700. The maximum Gasteiger partial charge on any atom is 0.187 e. The van der Waals surface area contributed by atoms with Crippen molar-refractivity contribution in [2.75, 3.05) is 36.5 Å². The number of allylic oxidation sites excluding steroid dienone is 1. The molecule has 0 amide bonds. The molecule has 1 N–H and O–H groups in total. The van der Waals surface area contributed by atoms with Crippen molar-refractivity contribution in [3.63, 3.8) is 0 Å². The van der Waals surface area contributed by atoms with Crippen LogP contribution >= 0.6 is 0 Å². The molecule has 124 valence electrons. The Kier molecular flexibility index (Phi) is 5.29. The third kappa shape index (κ3) is 4.24. The number of benzene rings is 2. The standard InChI is InChI=1S/C20H22N2O2/c1-16-2-4-17(5-3-16)20(23)10-11-21-18-6-8-19(9-7-18)22-12-14-24-15-13-22/h2-11,21H,12-15H2,1H3/b11-10+. The highest BCUT2D eigenvalue weighted by atomic mass is 16.5. The van der Waals surface area contributed by atoms with Crippen molar-refractivity contribution in [3.05, 3.63) is 71.9 Å². The number of anilines is 2. The third-order valence-electron chi connectivity index (χ3n) is 4.06. The fourth-order valence-electron chi connectivity index (χ4n) is 2.62. The van der Waals surface area contributed by atoms with Crippen molar-refractivity contribution in [2.24, 2.45) is 0 Å². The van der Waals surface area contributed by atoms with E-state index in [0.717, 1.165) is 37.6 Å². The van der Waals surface area contributed by atoms with E-state index in [4.69, 9.17) is 4.74 Å². The minimum absolute atomic E-state index is 0.00700. The summed E-state index contributed by atoms with van der Waals surface area (Å²) in [4.78, 5) is 14.4. The average Bonchev–Trinajstić information content (AvgIpc) is 2.63. The zero-order chi connectivity index (χ0) is 16.8. The molecule has 2 aromatic rings. The van der Waals surface area contributed by atoms with Gasteiger partial charge in [-0.05, 0) is 31.2 Å². The number of carbonyl (C=O) groups is 1. The number of hydrogen-bond donors (Lipinski definition) is 1. The molecule has 2 aromatic carbocycles. The van der Waals surface area contributed by atoms with E-state index < -0.39 is 0 Å². The minimum atomic E-state index is -0.00700. The Balaban J connectivity index is 1.56. The second-order valence-corrected chi connectivity index (χ2v) is 5.85. The van der Waals surface area contributed by atoms with Crippen LogP contribution in [-0.2, 0) is 4.74 Å². The molecule has 4 nitrogen and oxygen atoms in total. The molecule has 1 heterocycles. The Bertz CT molecular complexity index is 699. The Morgan fingerprint density at radius 3 is 2.38 bits per heavy atom. The van der Waals surface area contributed by atoms with Gasteiger partial charge in [0.15, 0.2) is 5.78 Å². The highest BCUT2D eigenvalue weighted by molar-refractivity contribution is 6.04. The van der Waals surface area contributed by atoms with Gasteiger partial charge in [-0.1, -0.05) is 29.8 Å². The number of aryl methyl sites for hydroxylation is 1. The van der Waals surface area contributed by atoms with Crippen LogP contribution in [0.3, 0.4) is 0 Å². The van der Waals surface area contributed by atoms with E-state index in [1.807, 2.05) is 43.3 Å². The highest BCUT2D eigenvalue weighted by Gasteiger charge is 2.10. The molecule has 1 aliphatic rings. The van der Waals surface area contributed by atoms with Gasteiger partial charge in [0, 0.05) is 42.3 Å². The van der Waals surface area contributed by atoms with E-state index in [1.165, 1.54) is 5.69 Å². The van der Waals surface area contributed by atoms with Crippen molar-refractivity contribution in [2.45, 2.75) is 6.92 Å². The van der Waals surface area contributed by atoms with Crippen LogP contribution in [0, 0.1) is 6.92 Å². The lowest BCUT2D eigenvalue weighted by atomic mass is 10.1. The number of ketones is 1. The van der Waals surface area contributed by atoms with Crippen molar-refractivity contribution in [1.82, 2.24) is 0 Å². The monoisotopic (exact) mass is 322 g/mol. The first-order chi connectivity index (χ1) is 11.7. The Hall–Kier alpha value is -2.59. The largest absolute Gasteiger partial charge is 0.378 e. The number of nitrogens with zero attached hydrogens (tertiary/aromatic N) is 1.